The lowest BCUT2D eigenvalue weighted by Gasteiger charge is -2.21. The highest BCUT2D eigenvalue weighted by molar-refractivity contribution is 7.91. The summed E-state index contributed by atoms with van der Waals surface area (Å²) in [6.07, 6.45) is -1.24. The van der Waals surface area contributed by atoms with Crippen molar-refractivity contribution in [3.63, 3.8) is 0 Å². The van der Waals surface area contributed by atoms with E-state index in [1.165, 1.54) is 14.1 Å². The van der Waals surface area contributed by atoms with Gasteiger partial charge in [0, 0.05) is 14.1 Å². The molecule has 0 amide bonds. The molecule has 0 saturated heterocycles. The van der Waals surface area contributed by atoms with Crippen LogP contribution >= 0.6 is 11.6 Å². The number of hydrogen-bond acceptors (Lipinski definition) is 3. The Balaban J connectivity index is 2.96. The fraction of sp³-hybridized carbons (Fsp3) is 0.400. The minimum atomic E-state index is -3.68. The Labute approximate surface area is 101 Å². The number of benzene rings is 1. The lowest BCUT2D eigenvalue weighted by atomic mass is 10.1. The zero-order chi connectivity index (χ0) is 12.3. The van der Waals surface area contributed by atoms with Crippen molar-refractivity contribution in [2.24, 2.45) is 0 Å². The van der Waals surface area contributed by atoms with Gasteiger partial charge in [-0.2, -0.15) is 0 Å². The lowest BCUT2D eigenvalue weighted by Crippen LogP contribution is -2.34. The molecule has 0 heterocycles. The molecule has 0 radical (unpaired) electrons. The molecule has 0 bridgehead atoms. The fourth-order valence-corrected chi connectivity index (χ4v) is 2.68. The van der Waals surface area contributed by atoms with Crippen molar-refractivity contribution in [1.29, 1.82) is 0 Å². The topological polar surface area (TPSA) is 57.6 Å². The maximum absolute atomic E-state index is 11.7. The highest BCUT2D eigenvalue weighted by Crippen LogP contribution is 2.26. The Morgan fingerprint density at radius 1 is 1.25 bits per heavy atom. The van der Waals surface area contributed by atoms with E-state index in [4.69, 9.17) is 11.6 Å². The monoisotopic (exact) mass is 263 g/mol. The van der Waals surface area contributed by atoms with Gasteiger partial charge in [-0.3, -0.25) is 0 Å². The van der Waals surface area contributed by atoms with Gasteiger partial charge >= 0.3 is 0 Å². The van der Waals surface area contributed by atoms with Crippen molar-refractivity contribution in [2.75, 3.05) is 14.1 Å². The van der Waals surface area contributed by atoms with Crippen molar-refractivity contribution < 1.29 is 13.5 Å². The van der Waals surface area contributed by atoms with Crippen LogP contribution < -0.4 is 0 Å². The summed E-state index contributed by atoms with van der Waals surface area (Å²) in [4.78, 5) is 0. The molecular formula is C10H14ClNO3S. The molecule has 6 heteroatoms. The van der Waals surface area contributed by atoms with Gasteiger partial charge in [0.2, 0.25) is 10.0 Å². The molecule has 0 unspecified atom stereocenters. The van der Waals surface area contributed by atoms with Gasteiger partial charge in [-0.05, 0) is 5.56 Å². The molecule has 1 aromatic carbocycles. The molecule has 0 aliphatic heterocycles. The van der Waals surface area contributed by atoms with Crippen LogP contribution in [0.15, 0.2) is 30.3 Å². The summed E-state index contributed by atoms with van der Waals surface area (Å²) < 4.78 is 23.0. The molecule has 0 fully saturated rings. The van der Waals surface area contributed by atoms with Gasteiger partial charge < -0.3 is 5.11 Å². The summed E-state index contributed by atoms with van der Waals surface area (Å²) in [6, 6.07) is 8.46. The number of aliphatic hydroxyl groups is 1. The summed E-state index contributed by atoms with van der Waals surface area (Å²) in [6.45, 7) is 0. The highest BCUT2D eigenvalue weighted by atomic mass is 35.5. The molecule has 16 heavy (non-hydrogen) atoms. The van der Waals surface area contributed by atoms with E-state index in [0.717, 1.165) is 4.31 Å². The van der Waals surface area contributed by atoms with Gasteiger partial charge in [-0.15, -0.1) is 11.6 Å². The predicted octanol–water partition coefficient (Wildman–Crippen LogP) is 1.18. The van der Waals surface area contributed by atoms with E-state index in [-0.39, 0.29) is 0 Å². The number of sulfonamides is 1. The zero-order valence-corrected chi connectivity index (χ0v) is 10.6. The van der Waals surface area contributed by atoms with E-state index < -0.39 is 20.8 Å². The van der Waals surface area contributed by atoms with Crippen LogP contribution in [0.25, 0.3) is 0 Å². The van der Waals surface area contributed by atoms with E-state index in [1.807, 2.05) is 0 Å². The predicted molar refractivity (Wildman–Crippen MR) is 63.6 cm³/mol. The van der Waals surface area contributed by atoms with Gasteiger partial charge in [0.05, 0.1) is 0 Å². The Morgan fingerprint density at radius 3 is 2.19 bits per heavy atom. The summed E-state index contributed by atoms with van der Waals surface area (Å²) in [5.41, 5.74) is 0.480. The summed E-state index contributed by atoms with van der Waals surface area (Å²) in [5, 5.41) is 9.84. The largest absolute Gasteiger partial charge is 0.386 e. The molecular weight excluding hydrogens is 250 g/mol. The Morgan fingerprint density at radius 2 is 1.75 bits per heavy atom. The second-order valence-corrected chi connectivity index (χ2v) is 6.53. The van der Waals surface area contributed by atoms with E-state index in [2.05, 4.69) is 0 Å². The van der Waals surface area contributed by atoms with Crippen LogP contribution in [0.3, 0.4) is 0 Å². The van der Waals surface area contributed by atoms with Crippen molar-refractivity contribution >= 4 is 21.6 Å². The Bertz CT molecular complexity index is 433. The van der Waals surface area contributed by atoms with Crippen LogP contribution in [-0.4, -0.2) is 36.6 Å². The van der Waals surface area contributed by atoms with Crippen molar-refractivity contribution in [1.82, 2.24) is 4.31 Å². The van der Waals surface area contributed by atoms with Crippen LogP contribution in [-0.2, 0) is 10.0 Å². The highest BCUT2D eigenvalue weighted by Gasteiger charge is 2.33. The first kappa shape index (κ1) is 13.4. The third-order valence-corrected chi connectivity index (χ3v) is 4.94. The van der Waals surface area contributed by atoms with Gasteiger partial charge in [0.15, 0.2) is 4.71 Å². The van der Waals surface area contributed by atoms with Gasteiger partial charge in [-0.1, -0.05) is 30.3 Å². The standard InChI is InChI=1S/C10H14ClNO3S/c1-12(2)16(14,15)10(11)9(13)8-6-4-3-5-7-8/h3-7,9-10,13H,1-2H3/t9-,10-/m1/s1. The molecule has 1 aromatic rings. The van der Waals surface area contributed by atoms with E-state index in [1.54, 1.807) is 30.3 Å². The SMILES string of the molecule is CN(C)S(=O)(=O)[C@@H](Cl)[C@H](O)c1ccccc1. The number of hydrogen-bond donors (Lipinski definition) is 1. The first-order chi connectivity index (χ1) is 7.37. The fourth-order valence-electron chi connectivity index (χ4n) is 1.17. The van der Waals surface area contributed by atoms with Crippen LogP contribution in [0.4, 0.5) is 0 Å². The van der Waals surface area contributed by atoms with Crippen molar-refractivity contribution in [3.8, 4) is 0 Å². The maximum atomic E-state index is 11.7. The molecule has 0 aliphatic carbocycles. The molecule has 90 valence electrons. The number of halogens is 1. The Hall–Kier alpha value is -0.620. The molecule has 0 aromatic heterocycles. The molecule has 2 atom stereocenters. The van der Waals surface area contributed by atoms with Crippen molar-refractivity contribution in [2.45, 2.75) is 10.8 Å². The minimum Gasteiger partial charge on any atom is -0.386 e. The molecule has 1 N–H and O–H groups in total. The van der Waals surface area contributed by atoms with Crippen LogP contribution in [0, 0.1) is 0 Å². The molecule has 0 aliphatic rings. The van der Waals surface area contributed by atoms with Crippen LogP contribution in [0.2, 0.25) is 0 Å². The second-order valence-electron chi connectivity index (χ2n) is 3.53. The van der Waals surface area contributed by atoms with Crippen molar-refractivity contribution in [3.05, 3.63) is 35.9 Å². The van der Waals surface area contributed by atoms with Crippen LogP contribution in [0.1, 0.15) is 11.7 Å². The Kier molecular flexibility index (Phi) is 4.32. The minimum absolute atomic E-state index is 0.480. The third-order valence-electron chi connectivity index (χ3n) is 2.18. The first-order valence-electron chi connectivity index (χ1n) is 4.66. The van der Waals surface area contributed by atoms with Crippen LogP contribution in [0.5, 0.6) is 0 Å². The number of nitrogens with zero attached hydrogens (tertiary/aromatic N) is 1. The summed E-state index contributed by atoms with van der Waals surface area (Å²) in [7, 11) is -0.921. The van der Waals surface area contributed by atoms with E-state index >= 15 is 0 Å². The smallest absolute Gasteiger partial charge is 0.233 e. The quantitative estimate of drug-likeness (QED) is 0.830. The van der Waals surface area contributed by atoms with Gasteiger partial charge in [0.1, 0.15) is 6.10 Å². The van der Waals surface area contributed by atoms with E-state index in [0.29, 0.717) is 5.56 Å². The lowest BCUT2D eigenvalue weighted by molar-refractivity contribution is 0.190. The number of aliphatic hydroxyl groups excluding tert-OH is 1. The van der Waals surface area contributed by atoms with Gasteiger partial charge in [0.25, 0.3) is 0 Å². The number of alkyl halides is 1. The molecule has 0 spiro atoms. The average Bonchev–Trinajstić information content (AvgIpc) is 2.28. The average molecular weight is 264 g/mol. The molecule has 1 rings (SSSR count). The second kappa shape index (κ2) is 5.14. The first-order valence-corrected chi connectivity index (χ1v) is 6.59. The maximum Gasteiger partial charge on any atom is 0.233 e. The summed E-state index contributed by atoms with van der Waals surface area (Å²) >= 11 is 5.77. The molecule has 4 nitrogen and oxygen atoms in total. The van der Waals surface area contributed by atoms with Gasteiger partial charge in [-0.25, -0.2) is 12.7 Å². The van der Waals surface area contributed by atoms with E-state index in [9.17, 15) is 13.5 Å². The number of rotatable bonds is 4. The molecule has 0 saturated carbocycles. The zero-order valence-electron chi connectivity index (χ0n) is 9.04. The third kappa shape index (κ3) is 2.74. The normalized spacial score (nSPS) is 16.1. The summed E-state index contributed by atoms with van der Waals surface area (Å²) in [5.74, 6) is 0.